The Balaban J connectivity index is 0.000000255. The second-order valence-electron chi connectivity index (χ2n) is 18.6. The summed E-state index contributed by atoms with van der Waals surface area (Å²) in [5, 5.41) is 0. The first kappa shape index (κ1) is 42.0. The Hall–Kier alpha value is -4.62. The minimum Gasteiger partial charge on any atom is -0.331 e. The van der Waals surface area contributed by atoms with E-state index in [2.05, 4.69) is 215 Å². The topological polar surface area (TPSA) is 3.24 Å². The van der Waals surface area contributed by atoms with Crippen LogP contribution in [0.3, 0.4) is 0 Å². The van der Waals surface area contributed by atoms with Gasteiger partial charge >= 0.3 is 0 Å². The number of fused-ring (bicyclic) bond motifs is 3. The van der Waals surface area contributed by atoms with Gasteiger partial charge < -0.3 is 4.90 Å². The van der Waals surface area contributed by atoms with Gasteiger partial charge in [0, 0.05) is 16.8 Å². The van der Waals surface area contributed by atoms with Crippen LogP contribution >= 0.6 is 0 Å². The Morgan fingerprint density at radius 2 is 1.14 bits per heavy atom. The molecular formula is C56H69N. The maximum absolute atomic E-state index is 2.55. The van der Waals surface area contributed by atoms with Crippen molar-refractivity contribution in [2.24, 2.45) is 5.92 Å². The number of anilines is 2. The molecule has 0 radical (unpaired) electrons. The number of nitrogens with zero attached hydrogens (tertiary/aromatic N) is 1. The molecule has 0 bridgehead atoms. The summed E-state index contributed by atoms with van der Waals surface area (Å²) in [6, 6.07) is 41.5. The number of rotatable bonds is 11. The van der Waals surface area contributed by atoms with Crippen molar-refractivity contribution in [3.8, 4) is 11.1 Å². The zero-order valence-electron chi connectivity index (χ0n) is 37.3. The number of allylic oxidation sites excluding steroid dienone is 4. The van der Waals surface area contributed by atoms with Crippen LogP contribution in [0.1, 0.15) is 145 Å². The Kier molecular flexibility index (Phi) is 12.6. The van der Waals surface area contributed by atoms with Crippen LogP contribution in [0.4, 0.5) is 11.4 Å². The minimum absolute atomic E-state index is 0.0479. The Morgan fingerprint density at radius 3 is 1.60 bits per heavy atom. The van der Waals surface area contributed by atoms with Gasteiger partial charge in [-0.2, -0.15) is 0 Å². The Labute approximate surface area is 347 Å². The first-order valence-electron chi connectivity index (χ1n) is 21.8. The van der Waals surface area contributed by atoms with Gasteiger partial charge in [0.15, 0.2) is 0 Å². The average Bonchev–Trinajstić information content (AvgIpc) is 3.44. The van der Waals surface area contributed by atoms with Crippen LogP contribution in [0.15, 0.2) is 133 Å². The second-order valence-corrected chi connectivity index (χ2v) is 18.6. The summed E-state index contributed by atoms with van der Waals surface area (Å²) in [6.07, 6.45) is 12.8. The van der Waals surface area contributed by atoms with Crippen LogP contribution in [0.2, 0.25) is 0 Å². The maximum Gasteiger partial charge on any atom is 0.0671 e. The maximum atomic E-state index is 2.55. The molecule has 1 heteroatoms. The van der Waals surface area contributed by atoms with Crippen LogP contribution in [-0.2, 0) is 16.4 Å². The number of benzene rings is 5. The zero-order valence-corrected chi connectivity index (χ0v) is 37.3. The van der Waals surface area contributed by atoms with Crippen LogP contribution in [-0.4, -0.2) is 0 Å². The molecule has 0 fully saturated rings. The normalized spacial score (nSPS) is 17.1. The van der Waals surface area contributed by atoms with Gasteiger partial charge in [-0.25, -0.2) is 0 Å². The summed E-state index contributed by atoms with van der Waals surface area (Å²) in [7, 11) is 0. The summed E-state index contributed by atoms with van der Waals surface area (Å²) in [6.45, 7) is 27.6. The molecule has 2 aliphatic carbocycles. The van der Waals surface area contributed by atoms with Gasteiger partial charge in [0.2, 0.25) is 0 Å². The smallest absolute Gasteiger partial charge is 0.0671 e. The van der Waals surface area contributed by atoms with Gasteiger partial charge in [0.05, 0.1) is 5.54 Å². The van der Waals surface area contributed by atoms with Crippen LogP contribution in [0.5, 0.6) is 0 Å². The van der Waals surface area contributed by atoms with Crippen molar-refractivity contribution in [1.29, 1.82) is 0 Å². The lowest BCUT2D eigenvalue weighted by atomic mass is 9.76. The third-order valence-electron chi connectivity index (χ3n) is 13.6. The molecule has 0 aromatic heterocycles. The van der Waals surface area contributed by atoms with Crippen LogP contribution < -0.4 is 4.90 Å². The lowest BCUT2D eigenvalue weighted by Crippen LogP contribution is -2.40. The lowest BCUT2D eigenvalue weighted by Gasteiger charge is -2.44. The molecular weight excluding hydrogens is 687 g/mol. The van der Waals surface area contributed by atoms with Gasteiger partial charge in [-0.1, -0.05) is 181 Å². The van der Waals surface area contributed by atoms with Crippen molar-refractivity contribution in [3.05, 3.63) is 178 Å². The van der Waals surface area contributed by atoms with E-state index in [0.717, 1.165) is 12.8 Å². The minimum atomic E-state index is -0.222. The molecule has 57 heavy (non-hydrogen) atoms. The van der Waals surface area contributed by atoms with E-state index in [9.17, 15) is 0 Å². The fraction of sp³-hybridized carbons (Fsp3) is 0.393. The zero-order chi connectivity index (χ0) is 41.1. The molecule has 0 saturated heterocycles. The van der Waals surface area contributed by atoms with E-state index in [0.29, 0.717) is 11.8 Å². The van der Waals surface area contributed by atoms with E-state index in [4.69, 9.17) is 0 Å². The predicted molar refractivity (Wildman–Crippen MR) is 249 cm³/mol. The lowest BCUT2D eigenvalue weighted by molar-refractivity contribution is 0.462. The molecule has 298 valence electrons. The summed E-state index contributed by atoms with van der Waals surface area (Å²) in [5.41, 5.74) is 17.7. The van der Waals surface area contributed by atoms with Crippen molar-refractivity contribution in [2.75, 3.05) is 4.90 Å². The fourth-order valence-electron chi connectivity index (χ4n) is 8.84. The van der Waals surface area contributed by atoms with Crippen molar-refractivity contribution in [3.63, 3.8) is 0 Å². The summed E-state index contributed by atoms with van der Waals surface area (Å²) < 4.78 is 0. The molecule has 0 saturated carbocycles. The van der Waals surface area contributed by atoms with Crippen LogP contribution in [0.25, 0.3) is 11.1 Å². The monoisotopic (exact) mass is 756 g/mol. The molecule has 5 aromatic rings. The molecule has 0 aliphatic heterocycles. The quantitative estimate of drug-likeness (QED) is 0.130. The fourth-order valence-corrected chi connectivity index (χ4v) is 8.84. The highest BCUT2D eigenvalue weighted by Crippen LogP contribution is 2.52. The van der Waals surface area contributed by atoms with E-state index in [1.807, 2.05) is 0 Å². The molecule has 0 heterocycles. The highest BCUT2D eigenvalue weighted by molar-refractivity contribution is 5.82. The van der Waals surface area contributed by atoms with E-state index < -0.39 is 0 Å². The molecule has 0 N–H and O–H groups in total. The molecule has 1 nitrogen and oxygen atoms in total. The van der Waals surface area contributed by atoms with E-state index in [1.54, 1.807) is 0 Å². The number of hydrogen-bond donors (Lipinski definition) is 0. The average molecular weight is 756 g/mol. The highest BCUT2D eigenvalue weighted by Gasteiger charge is 2.40. The molecule has 3 unspecified atom stereocenters. The van der Waals surface area contributed by atoms with Crippen LogP contribution in [0, 0.1) is 26.7 Å². The summed E-state index contributed by atoms with van der Waals surface area (Å²) >= 11 is 0. The second kappa shape index (κ2) is 17.1. The van der Waals surface area contributed by atoms with Gasteiger partial charge in [-0.3, -0.25) is 0 Å². The Morgan fingerprint density at radius 1 is 0.649 bits per heavy atom. The largest absolute Gasteiger partial charge is 0.331 e. The molecule has 3 atom stereocenters. The third kappa shape index (κ3) is 8.79. The Bertz CT molecular complexity index is 2150. The molecule has 5 aromatic carbocycles. The van der Waals surface area contributed by atoms with E-state index in [1.165, 1.54) is 91.8 Å². The summed E-state index contributed by atoms with van der Waals surface area (Å²) in [4.78, 5) is 2.55. The van der Waals surface area contributed by atoms with E-state index >= 15 is 0 Å². The standard InChI is InChI=1S/C38H45N.C18H24/c1-10-36(5,6)28-16-22-32-33-23-17-29(25-35(33)37(7,8)34(32)24-28)38(9,11-2)39(30-18-12-26(3)13-19-30)31-20-14-27(4)15-21-31;1-4-17(18-11-7-15(3)8-12-18)13-16-9-5-14(2)6-10-16/h12-25H,10-11H2,1-9H3;5,7-12,14,17H,4,6,13H2,1-3H3. The first-order valence-corrected chi connectivity index (χ1v) is 21.8. The van der Waals surface area contributed by atoms with Gasteiger partial charge in [-0.15, -0.1) is 0 Å². The van der Waals surface area contributed by atoms with Crippen molar-refractivity contribution >= 4 is 11.4 Å². The molecule has 2 aliphatic rings. The van der Waals surface area contributed by atoms with E-state index in [-0.39, 0.29) is 16.4 Å². The third-order valence-corrected chi connectivity index (χ3v) is 13.6. The van der Waals surface area contributed by atoms with Gasteiger partial charge in [0.25, 0.3) is 0 Å². The highest BCUT2D eigenvalue weighted by atomic mass is 15.2. The predicted octanol–water partition coefficient (Wildman–Crippen LogP) is 16.2. The molecule has 7 rings (SSSR count). The molecule has 0 amide bonds. The van der Waals surface area contributed by atoms with Crippen molar-refractivity contribution < 1.29 is 0 Å². The van der Waals surface area contributed by atoms with Crippen molar-refractivity contribution in [1.82, 2.24) is 0 Å². The van der Waals surface area contributed by atoms with Gasteiger partial charge in [-0.05, 0) is 140 Å². The molecule has 0 spiro atoms. The first-order chi connectivity index (χ1) is 27.1. The number of hydrogen-bond acceptors (Lipinski definition) is 1. The summed E-state index contributed by atoms with van der Waals surface area (Å²) in [5.74, 6) is 1.38. The SMILES string of the molecule is CCC(C)(C)c1ccc2c(c1)C(C)(C)c1cc(C(C)(CC)N(c3ccc(C)cc3)c3ccc(C)cc3)ccc1-2.CCC(CC1=CCC(C)C=C1)c1ccc(C)cc1. The van der Waals surface area contributed by atoms with Gasteiger partial charge in [0.1, 0.15) is 0 Å². The van der Waals surface area contributed by atoms with Crippen molar-refractivity contribution in [2.45, 2.75) is 137 Å². The number of aryl methyl sites for hydroxylation is 3.